The summed E-state index contributed by atoms with van der Waals surface area (Å²) in [6.07, 6.45) is 4.20. The minimum absolute atomic E-state index is 0.176. The van der Waals surface area contributed by atoms with Gasteiger partial charge in [-0.25, -0.2) is 18.0 Å². The number of nitrogens with one attached hydrogen (secondary N) is 2. The van der Waals surface area contributed by atoms with E-state index in [1.54, 1.807) is 18.2 Å². The van der Waals surface area contributed by atoms with E-state index < -0.39 is 11.6 Å². The monoisotopic (exact) mass is 476 g/mol. The summed E-state index contributed by atoms with van der Waals surface area (Å²) in [7, 11) is 0. The number of H-pyrrole nitrogens is 1. The van der Waals surface area contributed by atoms with Crippen molar-refractivity contribution in [2.45, 2.75) is 45.6 Å². The Morgan fingerprint density at radius 3 is 2.41 bits per heavy atom. The molecular weight excluding hydrogens is 445 g/mol. The second-order valence-corrected chi connectivity index (χ2v) is 8.11. The number of aromatic nitrogens is 1. The van der Waals surface area contributed by atoms with Crippen molar-refractivity contribution >= 4 is 17.0 Å². The van der Waals surface area contributed by atoms with Gasteiger partial charge in [-0.1, -0.05) is 13.8 Å². The zero-order valence-corrected chi connectivity index (χ0v) is 19.5. The van der Waals surface area contributed by atoms with Crippen LogP contribution in [0.4, 0.5) is 18.0 Å². The fraction of sp³-hybridized carbons (Fsp3) is 0.423. The highest BCUT2D eigenvalue weighted by atomic mass is 19.1. The molecule has 0 radical (unpaired) electrons. The highest BCUT2D eigenvalue weighted by molar-refractivity contribution is 5.86. The molecule has 2 N–H and O–H groups in total. The number of halogens is 3. The number of hydrogen-bond acceptors (Lipinski definition) is 3. The second-order valence-electron chi connectivity index (χ2n) is 8.11. The van der Waals surface area contributed by atoms with E-state index in [-0.39, 0.29) is 23.5 Å². The summed E-state index contributed by atoms with van der Waals surface area (Å²) >= 11 is 0. The Kier molecular flexibility index (Phi) is 9.39. The molecule has 1 aromatic heterocycles. The lowest BCUT2D eigenvalue weighted by Crippen LogP contribution is -2.35. The molecule has 1 saturated carbocycles. The molecule has 1 aliphatic heterocycles. The predicted octanol–water partition coefficient (Wildman–Crippen LogP) is 6.58. The number of rotatable bonds is 4. The number of carbonyl (C=O) groups is 1. The van der Waals surface area contributed by atoms with Crippen LogP contribution in [0.15, 0.2) is 42.5 Å². The van der Waals surface area contributed by atoms with Crippen LogP contribution < -0.4 is 5.32 Å². The van der Waals surface area contributed by atoms with Gasteiger partial charge in [0.2, 0.25) is 0 Å². The number of alkyl carbamates (subject to hydrolysis) is 1. The Morgan fingerprint density at radius 1 is 1.06 bits per heavy atom. The summed E-state index contributed by atoms with van der Waals surface area (Å²) in [6.45, 7) is 6.28. The lowest BCUT2D eigenvalue weighted by Gasteiger charge is -2.25. The molecular formula is C26H31F3N2O3. The third kappa shape index (κ3) is 7.00. The highest BCUT2D eigenvalue weighted by Crippen LogP contribution is 2.26. The fourth-order valence-electron chi connectivity index (χ4n) is 3.60. The van der Waals surface area contributed by atoms with E-state index in [9.17, 15) is 18.0 Å². The topological polar surface area (TPSA) is 63.4 Å². The van der Waals surface area contributed by atoms with Crippen LogP contribution >= 0.6 is 0 Å². The summed E-state index contributed by atoms with van der Waals surface area (Å²) in [6, 6.07) is 9.50. The van der Waals surface area contributed by atoms with Crippen molar-refractivity contribution in [2.24, 2.45) is 5.92 Å². The molecule has 1 saturated heterocycles. The molecule has 2 heterocycles. The smallest absolute Gasteiger partial charge is 0.407 e. The van der Waals surface area contributed by atoms with Crippen LogP contribution in [0, 0.1) is 23.4 Å². The maximum atomic E-state index is 13.5. The van der Waals surface area contributed by atoms with E-state index in [0.29, 0.717) is 29.1 Å². The molecule has 5 rings (SSSR count). The van der Waals surface area contributed by atoms with Crippen LogP contribution in [-0.4, -0.2) is 36.9 Å². The molecule has 1 unspecified atom stereocenters. The molecule has 1 atom stereocenters. The quantitative estimate of drug-likeness (QED) is 0.447. The summed E-state index contributed by atoms with van der Waals surface area (Å²) in [5.41, 5.74) is 1.58. The zero-order valence-electron chi connectivity index (χ0n) is 19.5. The maximum absolute atomic E-state index is 13.5. The van der Waals surface area contributed by atoms with Crippen molar-refractivity contribution in [2.75, 3.05) is 19.8 Å². The number of benzene rings is 2. The molecule has 5 nitrogen and oxygen atoms in total. The molecule has 0 bridgehead atoms. The average molecular weight is 477 g/mol. The first-order chi connectivity index (χ1) is 16.5. The van der Waals surface area contributed by atoms with Gasteiger partial charge < -0.3 is 19.8 Å². The summed E-state index contributed by atoms with van der Waals surface area (Å²) in [5.74, 6) is -1.13. The number of ether oxygens (including phenoxy) is 2. The van der Waals surface area contributed by atoms with E-state index in [2.05, 4.69) is 10.3 Å². The van der Waals surface area contributed by atoms with Gasteiger partial charge in [0.25, 0.3) is 0 Å². The number of hydrogen-bond donors (Lipinski definition) is 2. The lowest BCUT2D eigenvalue weighted by atomic mass is 9.96. The maximum Gasteiger partial charge on any atom is 0.407 e. The Hall–Kier alpha value is -3.00. The van der Waals surface area contributed by atoms with Gasteiger partial charge in [-0.15, -0.1) is 0 Å². The van der Waals surface area contributed by atoms with Crippen molar-refractivity contribution in [3.8, 4) is 11.3 Å². The van der Waals surface area contributed by atoms with Gasteiger partial charge in [0.1, 0.15) is 23.6 Å². The van der Waals surface area contributed by atoms with Crippen molar-refractivity contribution in [3.05, 3.63) is 59.9 Å². The molecule has 3 aromatic rings. The lowest BCUT2D eigenvalue weighted by molar-refractivity contribution is 0.0516. The Labute approximate surface area is 197 Å². The molecule has 184 valence electrons. The summed E-state index contributed by atoms with van der Waals surface area (Å²) < 4.78 is 49.7. The number of aromatic amines is 1. The average Bonchev–Trinajstić information content (AvgIpc) is 3.47. The normalized spacial score (nSPS) is 17.1. The Bertz CT molecular complexity index is 1060. The van der Waals surface area contributed by atoms with Crippen LogP contribution in [0.1, 0.15) is 39.5 Å². The van der Waals surface area contributed by atoms with Gasteiger partial charge in [0.05, 0.1) is 12.1 Å². The van der Waals surface area contributed by atoms with E-state index in [0.717, 1.165) is 38.5 Å². The van der Waals surface area contributed by atoms with Crippen molar-refractivity contribution in [1.29, 1.82) is 0 Å². The molecule has 0 spiro atoms. The van der Waals surface area contributed by atoms with Crippen LogP contribution in [0.2, 0.25) is 0 Å². The fourth-order valence-corrected chi connectivity index (χ4v) is 3.60. The zero-order chi connectivity index (χ0) is 24.5. The van der Waals surface area contributed by atoms with E-state index in [1.165, 1.54) is 24.6 Å². The first-order valence-corrected chi connectivity index (χ1v) is 11.7. The van der Waals surface area contributed by atoms with Gasteiger partial charge in [-0.3, -0.25) is 0 Å². The van der Waals surface area contributed by atoms with Gasteiger partial charge in [0, 0.05) is 36.2 Å². The largest absolute Gasteiger partial charge is 0.446 e. The number of carbonyl (C=O) groups excluding carboxylic acids is 1. The minimum Gasteiger partial charge on any atom is -0.446 e. The van der Waals surface area contributed by atoms with Gasteiger partial charge in [0.15, 0.2) is 0 Å². The van der Waals surface area contributed by atoms with Crippen LogP contribution in [0.25, 0.3) is 22.2 Å². The molecule has 2 aromatic carbocycles. The van der Waals surface area contributed by atoms with Crippen molar-refractivity contribution < 1.29 is 27.4 Å². The van der Waals surface area contributed by atoms with Crippen LogP contribution in [0.5, 0.6) is 0 Å². The molecule has 2 fully saturated rings. The third-order valence-electron chi connectivity index (χ3n) is 5.69. The Morgan fingerprint density at radius 2 is 1.79 bits per heavy atom. The predicted molar refractivity (Wildman–Crippen MR) is 126 cm³/mol. The molecule has 1 aliphatic carbocycles. The molecule has 8 heteroatoms. The molecule has 34 heavy (non-hydrogen) atoms. The van der Waals surface area contributed by atoms with Gasteiger partial charge in [-0.05, 0) is 67.6 Å². The van der Waals surface area contributed by atoms with E-state index in [1.807, 2.05) is 13.8 Å². The van der Waals surface area contributed by atoms with Crippen LogP contribution in [0.3, 0.4) is 0 Å². The number of fused-ring (bicyclic) bond motifs is 1. The molecule has 2 aliphatic rings. The van der Waals surface area contributed by atoms with Gasteiger partial charge in [-0.2, -0.15) is 0 Å². The summed E-state index contributed by atoms with van der Waals surface area (Å²) in [5, 5.41) is 3.23. The SMILES string of the molecule is CC.Fc1ccc(-c2cc3cc(F)cc(F)c3[nH]2)cc1.O=C(NCC1CCOC1)OC1CCC1. The van der Waals surface area contributed by atoms with E-state index >= 15 is 0 Å². The minimum atomic E-state index is -0.640. The second kappa shape index (κ2) is 12.5. The summed E-state index contributed by atoms with van der Waals surface area (Å²) in [4.78, 5) is 14.1. The van der Waals surface area contributed by atoms with E-state index in [4.69, 9.17) is 9.47 Å². The first kappa shape index (κ1) is 25.6. The number of amides is 1. The van der Waals surface area contributed by atoms with Gasteiger partial charge >= 0.3 is 6.09 Å². The van der Waals surface area contributed by atoms with Crippen LogP contribution in [-0.2, 0) is 9.47 Å². The standard InChI is InChI=1S/C14H8F3N.C10H17NO3.C2H6/c15-10-3-1-8(2-4-10)13-6-9-5-11(16)7-12(17)14(9)18-13;12-10(14-9-2-1-3-9)11-6-8-4-5-13-7-8;1-2/h1-7,18H;8-9H,1-7H2,(H,11,12);1-2H3. The van der Waals surface area contributed by atoms with Crippen molar-refractivity contribution in [3.63, 3.8) is 0 Å². The third-order valence-corrected chi connectivity index (χ3v) is 5.69. The first-order valence-electron chi connectivity index (χ1n) is 11.7. The highest BCUT2D eigenvalue weighted by Gasteiger charge is 2.22. The van der Waals surface area contributed by atoms with Crippen molar-refractivity contribution in [1.82, 2.24) is 10.3 Å². The molecule has 1 amide bonds. The Balaban J connectivity index is 0.000000183.